The van der Waals surface area contributed by atoms with Gasteiger partial charge in [0, 0.05) is 48.7 Å². The molecule has 1 aromatic heterocycles. The topological polar surface area (TPSA) is 143 Å². The van der Waals surface area contributed by atoms with Gasteiger partial charge < -0.3 is 29.8 Å². The lowest BCUT2D eigenvalue weighted by Crippen LogP contribution is -2.15. The molecule has 10 heteroatoms. The molecule has 0 atom stereocenters. The lowest BCUT2D eigenvalue weighted by atomic mass is 9.84. The van der Waals surface area contributed by atoms with Crippen LogP contribution < -0.4 is 15.8 Å². The molecule has 0 aliphatic heterocycles. The van der Waals surface area contributed by atoms with Gasteiger partial charge in [-0.3, -0.25) is 14.4 Å². The molecule has 0 saturated heterocycles. The Bertz CT molecular complexity index is 1820. The molecule has 0 unspecified atom stereocenters. The molecule has 4 aromatic rings. The number of nitrogens with zero attached hydrogens (tertiary/aromatic N) is 1. The molecule has 0 aliphatic rings. The van der Waals surface area contributed by atoms with E-state index in [1.165, 1.54) is 13.8 Å². The fourth-order valence-electron chi connectivity index (χ4n) is 6.21. The van der Waals surface area contributed by atoms with Crippen LogP contribution in [0.25, 0.3) is 22.3 Å². The van der Waals surface area contributed by atoms with Gasteiger partial charge in [0.2, 0.25) is 5.91 Å². The van der Waals surface area contributed by atoms with Gasteiger partial charge in [-0.15, -0.1) is 0 Å². The highest BCUT2D eigenvalue weighted by Crippen LogP contribution is 2.40. The Morgan fingerprint density at radius 1 is 0.824 bits per heavy atom. The van der Waals surface area contributed by atoms with Crippen LogP contribution in [0.2, 0.25) is 0 Å². The molecule has 0 aliphatic carbocycles. The van der Waals surface area contributed by atoms with Crippen molar-refractivity contribution >= 4 is 23.2 Å². The zero-order valence-electron chi connectivity index (χ0n) is 30.9. The molecule has 0 fully saturated rings. The molecule has 1 amide bonds. The first-order valence-corrected chi connectivity index (χ1v) is 17.6. The summed E-state index contributed by atoms with van der Waals surface area (Å²) in [6, 6.07) is 15.2. The van der Waals surface area contributed by atoms with Crippen LogP contribution in [0.15, 0.2) is 53.1 Å². The summed E-state index contributed by atoms with van der Waals surface area (Å²) in [5.74, 6) is 0.765. The summed E-state index contributed by atoms with van der Waals surface area (Å²) in [6.07, 6.45) is 2.45. The van der Waals surface area contributed by atoms with E-state index in [0.717, 1.165) is 64.1 Å². The number of Topliss-reactive ketones (excluding diaryl/α,β-unsaturated/α-hetero) is 2. The summed E-state index contributed by atoms with van der Waals surface area (Å²) in [6.45, 7) is 16.2. The van der Waals surface area contributed by atoms with Crippen molar-refractivity contribution in [3.05, 3.63) is 87.8 Å². The monoisotopic (exact) mass is 697 g/mol. The first-order valence-electron chi connectivity index (χ1n) is 17.6. The van der Waals surface area contributed by atoms with Crippen LogP contribution in [0.5, 0.6) is 5.75 Å². The predicted octanol–water partition coefficient (Wildman–Crippen LogP) is 8.26. The van der Waals surface area contributed by atoms with Crippen molar-refractivity contribution in [1.82, 2.24) is 5.16 Å². The van der Waals surface area contributed by atoms with Crippen LogP contribution in [0, 0.1) is 20.8 Å². The number of nitrogens with one attached hydrogen (secondary N) is 1. The summed E-state index contributed by atoms with van der Waals surface area (Å²) >= 11 is 0. The standard InChI is InChI=1S/C41H51N3O7/c1-25(2)34-22-31(38-27(4)44-51-30(38)7)23-36(41(42)47)40(34)35-24-32(15-14-26(35)3)50-20-9-8-17-48-18-11-19-49-21-16-43-37-13-10-12-33(28(5)45)39(37)29(6)46/h10,12-15,22-25,43H,8-9,11,16-21H2,1-7H3,(H2,42,47). The zero-order valence-corrected chi connectivity index (χ0v) is 30.9. The molecular formula is C41H51N3O7. The smallest absolute Gasteiger partial charge is 0.249 e. The minimum atomic E-state index is -0.493. The summed E-state index contributed by atoms with van der Waals surface area (Å²) in [5, 5.41) is 7.31. The fourth-order valence-corrected chi connectivity index (χ4v) is 6.21. The van der Waals surface area contributed by atoms with E-state index in [4.69, 9.17) is 24.5 Å². The van der Waals surface area contributed by atoms with Gasteiger partial charge in [0.1, 0.15) is 11.5 Å². The number of ether oxygens (including phenoxy) is 3. The maximum absolute atomic E-state index is 12.9. The van der Waals surface area contributed by atoms with Crippen LogP contribution in [0.4, 0.5) is 5.69 Å². The second kappa shape index (κ2) is 18.4. The molecular weight excluding hydrogens is 646 g/mol. The molecule has 4 rings (SSSR count). The highest BCUT2D eigenvalue weighted by atomic mass is 16.5. The first-order chi connectivity index (χ1) is 24.4. The number of primary amides is 1. The lowest BCUT2D eigenvalue weighted by molar-refractivity contribution is 0.0836. The van der Waals surface area contributed by atoms with Crippen molar-refractivity contribution in [3.63, 3.8) is 0 Å². The normalized spacial score (nSPS) is 11.2. The van der Waals surface area contributed by atoms with Crippen molar-refractivity contribution in [3.8, 4) is 28.0 Å². The van der Waals surface area contributed by atoms with Crippen molar-refractivity contribution in [1.29, 1.82) is 0 Å². The van der Waals surface area contributed by atoms with E-state index in [-0.39, 0.29) is 17.5 Å². The SMILES string of the molecule is CC(=O)c1cccc(NCCOCCCOCCCCOc2ccc(C)c(-c3c(C(N)=O)cc(-c4c(C)noc4C)cc3C(C)C)c2)c1C(C)=O. The number of aryl methyl sites for hydroxylation is 3. The average Bonchev–Trinajstić information content (AvgIpc) is 3.43. The third kappa shape index (κ3) is 10.1. The number of benzene rings is 3. The number of ketones is 2. The Morgan fingerprint density at radius 2 is 1.53 bits per heavy atom. The molecule has 272 valence electrons. The molecule has 0 radical (unpaired) electrons. The average molecular weight is 698 g/mol. The van der Waals surface area contributed by atoms with Gasteiger partial charge in [0.25, 0.3) is 0 Å². The van der Waals surface area contributed by atoms with Crippen LogP contribution in [0.3, 0.4) is 0 Å². The number of aromatic nitrogens is 1. The van der Waals surface area contributed by atoms with Gasteiger partial charge in [0.15, 0.2) is 11.6 Å². The van der Waals surface area contributed by atoms with E-state index in [1.807, 2.05) is 45.0 Å². The molecule has 10 nitrogen and oxygen atoms in total. The van der Waals surface area contributed by atoms with Crippen molar-refractivity contribution in [2.24, 2.45) is 5.73 Å². The molecule has 0 spiro atoms. The molecule has 3 N–H and O–H groups in total. The Kier molecular flexibility index (Phi) is 14.1. The highest BCUT2D eigenvalue weighted by Gasteiger charge is 2.23. The summed E-state index contributed by atoms with van der Waals surface area (Å²) < 4.78 is 23.0. The Labute approximate surface area is 301 Å². The lowest BCUT2D eigenvalue weighted by Gasteiger charge is -2.21. The third-order valence-electron chi connectivity index (χ3n) is 8.74. The molecule has 3 aromatic carbocycles. The second-order valence-corrected chi connectivity index (χ2v) is 13.1. The number of unbranched alkanes of at least 4 members (excludes halogenated alkanes) is 1. The van der Waals surface area contributed by atoms with Crippen LogP contribution in [-0.2, 0) is 9.47 Å². The van der Waals surface area contributed by atoms with E-state index in [1.54, 1.807) is 18.2 Å². The van der Waals surface area contributed by atoms with E-state index < -0.39 is 5.91 Å². The molecule has 0 saturated carbocycles. The van der Waals surface area contributed by atoms with E-state index in [9.17, 15) is 14.4 Å². The van der Waals surface area contributed by atoms with Gasteiger partial charge in [-0.05, 0) is 112 Å². The number of rotatable bonds is 20. The highest BCUT2D eigenvalue weighted by molar-refractivity contribution is 6.10. The maximum atomic E-state index is 12.9. The minimum absolute atomic E-state index is 0.121. The summed E-state index contributed by atoms with van der Waals surface area (Å²) in [4.78, 5) is 36.9. The van der Waals surface area contributed by atoms with Crippen LogP contribution >= 0.6 is 0 Å². The number of anilines is 1. The first kappa shape index (κ1) is 39.0. The van der Waals surface area contributed by atoms with Crippen LogP contribution in [0.1, 0.15) is 107 Å². The predicted molar refractivity (Wildman–Crippen MR) is 200 cm³/mol. The van der Waals surface area contributed by atoms with E-state index >= 15 is 0 Å². The number of nitrogens with two attached hydrogens (primary N) is 1. The fraction of sp³-hybridized carbons (Fsp3) is 0.415. The van der Waals surface area contributed by atoms with Gasteiger partial charge in [-0.2, -0.15) is 0 Å². The molecule has 0 bridgehead atoms. The third-order valence-corrected chi connectivity index (χ3v) is 8.74. The second-order valence-electron chi connectivity index (χ2n) is 13.1. The van der Waals surface area contributed by atoms with Gasteiger partial charge in [-0.1, -0.05) is 43.3 Å². The van der Waals surface area contributed by atoms with E-state index in [2.05, 4.69) is 30.4 Å². The number of hydrogen-bond donors (Lipinski definition) is 2. The summed E-state index contributed by atoms with van der Waals surface area (Å²) in [7, 11) is 0. The minimum Gasteiger partial charge on any atom is -0.494 e. The van der Waals surface area contributed by atoms with Crippen molar-refractivity contribution < 1.29 is 33.1 Å². The van der Waals surface area contributed by atoms with Gasteiger partial charge >= 0.3 is 0 Å². The Hall–Kier alpha value is -4.80. The molecule has 1 heterocycles. The van der Waals surface area contributed by atoms with Gasteiger partial charge in [-0.25, -0.2) is 0 Å². The Morgan fingerprint density at radius 3 is 2.18 bits per heavy atom. The zero-order chi connectivity index (χ0) is 37.1. The Balaban J connectivity index is 1.22. The van der Waals surface area contributed by atoms with Gasteiger partial charge in [0.05, 0.1) is 24.5 Å². The largest absolute Gasteiger partial charge is 0.494 e. The summed E-state index contributed by atoms with van der Waals surface area (Å²) in [5.41, 5.74) is 14.2. The molecule has 51 heavy (non-hydrogen) atoms. The van der Waals surface area contributed by atoms with Crippen molar-refractivity contribution in [2.45, 2.75) is 73.6 Å². The number of hydrogen-bond acceptors (Lipinski definition) is 9. The number of carbonyl (C=O) groups excluding carboxylic acids is 3. The maximum Gasteiger partial charge on any atom is 0.249 e. The number of amides is 1. The van der Waals surface area contributed by atoms with E-state index in [0.29, 0.717) is 67.7 Å². The number of carbonyl (C=O) groups is 3. The van der Waals surface area contributed by atoms with Crippen molar-refractivity contribution in [2.75, 3.05) is 44.9 Å². The van der Waals surface area contributed by atoms with Crippen LogP contribution in [-0.4, -0.2) is 62.2 Å². The quantitative estimate of drug-likeness (QED) is 0.0689.